The SMILES string of the molecule is CCCCCCCCN1C(C(C)C)OCC1(C)C. The number of ether oxygens (including phenoxy) is 1. The van der Waals surface area contributed by atoms with Crippen LogP contribution in [0.25, 0.3) is 0 Å². The molecule has 1 heterocycles. The van der Waals surface area contributed by atoms with Crippen molar-refractivity contribution in [3.05, 3.63) is 0 Å². The van der Waals surface area contributed by atoms with Gasteiger partial charge in [-0.2, -0.15) is 0 Å². The topological polar surface area (TPSA) is 12.5 Å². The number of unbranched alkanes of at least 4 members (excludes halogenated alkanes) is 5. The molecule has 1 rings (SSSR count). The lowest BCUT2D eigenvalue weighted by molar-refractivity contribution is -0.0108. The van der Waals surface area contributed by atoms with Gasteiger partial charge in [0.15, 0.2) is 0 Å². The monoisotopic (exact) mass is 255 g/mol. The first kappa shape index (κ1) is 16.0. The van der Waals surface area contributed by atoms with E-state index in [0.717, 1.165) is 6.61 Å². The predicted octanol–water partition coefficient (Wildman–Crippen LogP) is 4.44. The van der Waals surface area contributed by atoms with Gasteiger partial charge in [0.2, 0.25) is 0 Å². The highest BCUT2D eigenvalue weighted by Crippen LogP contribution is 2.31. The van der Waals surface area contributed by atoms with E-state index in [1.54, 1.807) is 0 Å². The second-order valence-electron chi connectivity index (χ2n) is 6.72. The summed E-state index contributed by atoms with van der Waals surface area (Å²) < 4.78 is 5.96. The Labute approximate surface area is 114 Å². The molecule has 0 saturated carbocycles. The molecule has 108 valence electrons. The van der Waals surface area contributed by atoms with Crippen molar-refractivity contribution in [3.63, 3.8) is 0 Å². The van der Waals surface area contributed by atoms with E-state index in [2.05, 4.69) is 39.5 Å². The smallest absolute Gasteiger partial charge is 0.113 e. The van der Waals surface area contributed by atoms with Crippen LogP contribution in [0.4, 0.5) is 0 Å². The Balaban J connectivity index is 2.29. The van der Waals surface area contributed by atoms with E-state index in [1.807, 2.05) is 0 Å². The van der Waals surface area contributed by atoms with Crippen LogP contribution >= 0.6 is 0 Å². The number of hydrogen-bond acceptors (Lipinski definition) is 2. The zero-order chi connectivity index (χ0) is 13.6. The molecule has 0 aliphatic carbocycles. The summed E-state index contributed by atoms with van der Waals surface area (Å²) in [6.45, 7) is 13.5. The zero-order valence-electron chi connectivity index (χ0n) is 13.2. The van der Waals surface area contributed by atoms with E-state index < -0.39 is 0 Å². The molecule has 1 saturated heterocycles. The van der Waals surface area contributed by atoms with Gasteiger partial charge in [-0.15, -0.1) is 0 Å². The Hall–Kier alpha value is -0.0800. The lowest BCUT2D eigenvalue weighted by Crippen LogP contribution is -2.46. The summed E-state index contributed by atoms with van der Waals surface area (Å²) in [5.74, 6) is 0.590. The fourth-order valence-corrected chi connectivity index (χ4v) is 2.85. The standard InChI is InChI=1S/C16H33NO/c1-6-7-8-9-10-11-12-17-15(14(2)3)18-13-16(17,4)5/h14-15H,6-13H2,1-5H3. The number of hydrogen-bond donors (Lipinski definition) is 0. The summed E-state index contributed by atoms with van der Waals surface area (Å²) >= 11 is 0. The Bertz CT molecular complexity index is 225. The third-order valence-corrected chi connectivity index (χ3v) is 4.01. The van der Waals surface area contributed by atoms with E-state index in [9.17, 15) is 0 Å². The molecule has 0 aromatic carbocycles. The maximum absolute atomic E-state index is 5.96. The van der Waals surface area contributed by atoms with Gasteiger partial charge < -0.3 is 4.74 Å². The lowest BCUT2D eigenvalue weighted by atomic mass is 10.0. The summed E-state index contributed by atoms with van der Waals surface area (Å²) in [6.07, 6.45) is 8.56. The Kier molecular flexibility index (Phi) is 6.65. The van der Waals surface area contributed by atoms with Crippen molar-refractivity contribution in [3.8, 4) is 0 Å². The van der Waals surface area contributed by atoms with Crippen LogP contribution in [0.3, 0.4) is 0 Å². The van der Waals surface area contributed by atoms with Crippen molar-refractivity contribution >= 4 is 0 Å². The molecule has 1 unspecified atom stereocenters. The van der Waals surface area contributed by atoms with Gasteiger partial charge in [0.05, 0.1) is 6.61 Å². The highest BCUT2D eigenvalue weighted by Gasteiger charge is 2.40. The van der Waals surface area contributed by atoms with Gasteiger partial charge in [0.25, 0.3) is 0 Å². The molecule has 1 aliphatic heterocycles. The Morgan fingerprint density at radius 2 is 1.72 bits per heavy atom. The molecule has 1 aliphatic rings. The molecular formula is C16H33NO. The first-order valence-electron chi connectivity index (χ1n) is 7.87. The summed E-state index contributed by atoms with van der Waals surface area (Å²) in [5.41, 5.74) is 0.221. The normalized spacial score (nSPS) is 24.0. The zero-order valence-corrected chi connectivity index (χ0v) is 13.2. The maximum atomic E-state index is 5.96. The van der Waals surface area contributed by atoms with Crippen molar-refractivity contribution in [2.45, 2.75) is 84.9 Å². The van der Waals surface area contributed by atoms with Gasteiger partial charge in [0, 0.05) is 12.1 Å². The minimum atomic E-state index is 0.221. The van der Waals surface area contributed by atoms with Crippen LogP contribution < -0.4 is 0 Å². The molecule has 0 aromatic heterocycles. The van der Waals surface area contributed by atoms with Crippen LogP contribution in [0.5, 0.6) is 0 Å². The second kappa shape index (κ2) is 7.49. The van der Waals surface area contributed by atoms with Gasteiger partial charge in [-0.1, -0.05) is 52.9 Å². The third kappa shape index (κ3) is 4.55. The molecule has 0 aromatic rings. The van der Waals surface area contributed by atoms with Crippen molar-refractivity contribution in [1.29, 1.82) is 0 Å². The molecule has 2 nitrogen and oxygen atoms in total. The molecule has 0 amide bonds. The molecule has 2 heteroatoms. The number of nitrogens with zero attached hydrogens (tertiary/aromatic N) is 1. The van der Waals surface area contributed by atoms with Crippen LogP contribution in [0, 0.1) is 5.92 Å². The Morgan fingerprint density at radius 3 is 2.33 bits per heavy atom. The van der Waals surface area contributed by atoms with Crippen LogP contribution in [0.15, 0.2) is 0 Å². The Morgan fingerprint density at radius 1 is 1.11 bits per heavy atom. The summed E-state index contributed by atoms with van der Waals surface area (Å²) in [4.78, 5) is 2.58. The van der Waals surface area contributed by atoms with Crippen LogP contribution in [-0.2, 0) is 4.74 Å². The molecule has 0 spiro atoms. The predicted molar refractivity (Wildman–Crippen MR) is 78.7 cm³/mol. The first-order chi connectivity index (χ1) is 8.49. The molecule has 1 fully saturated rings. The quantitative estimate of drug-likeness (QED) is 0.595. The summed E-state index contributed by atoms with van der Waals surface area (Å²) in [5, 5.41) is 0. The summed E-state index contributed by atoms with van der Waals surface area (Å²) in [7, 11) is 0. The molecule has 0 radical (unpaired) electrons. The minimum absolute atomic E-state index is 0.221. The van der Waals surface area contributed by atoms with Gasteiger partial charge in [-0.05, 0) is 26.2 Å². The fourth-order valence-electron chi connectivity index (χ4n) is 2.85. The van der Waals surface area contributed by atoms with Crippen LogP contribution in [0.1, 0.15) is 73.1 Å². The minimum Gasteiger partial charge on any atom is -0.361 e. The van der Waals surface area contributed by atoms with E-state index in [-0.39, 0.29) is 5.54 Å². The van der Waals surface area contributed by atoms with Crippen LogP contribution in [0.2, 0.25) is 0 Å². The van der Waals surface area contributed by atoms with Crippen molar-refractivity contribution in [2.75, 3.05) is 13.2 Å². The average Bonchev–Trinajstić information content (AvgIpc) is 2.59. The van der Waals surface area contributed by atoms with Gasteiger partial charge in [-0.3, -0.25) is 4.90 Å². The molecule has 0 N–H and O–H groups in total. The van der Waals surface area contributed by atoms with Crippen molar-refractivity contribution in [1.82, 2.24) is 4.90 Å². The van der Waals surface area contributed by atoms with Crippen LogP contribution in [-0.4, -0.2) is 29.8 Å². The van der Waals surface area contributed by atoms with Gasteiger partial charge in [-0.25, -0.2) is 0 Å². The molecular weight excluding hydrogens is 222 g/mol. The average molecular weight is 255 g/mol. The van der Waals surface area contributed by atoms with E-state index in [4.69, 9.17) is 4.74 Å². The summed E-state index contributed by atoms with van der Waals surface area (Å²) in [6, 6.07) is 0. The van der Waals surface area contributed by atoms with E-state index >= 15 is 0 Å². The van der Waals surface area contributed by atoms with Crippen molar-refractivity contribution in [2.24, 2.45) is 5.92 Å². The molecule has 18 heavy (non-hydrogen) atoms. The third-order valence-electron chi connectivity index (χ3n) is 4.01. The van der Waals surface area contributed by atoms with Gasteiger partial charge in [0.1, 0.15) is 6.23 Å². The maximum Gasteiger partial charge on any atom is 0.113 e. The van der Waals surface area contributed by atoms with Gasteiger partial charge >= 0.3 is 0 Å². The fraction of sp³-hybridized carbons (Fsp3) is 1.00. The van der Waals surface area contributed by atoms with E-state index in [1.165, 1.54) is 45.1 Å². The lowest BCUT2D eigenvalue weighted by Gasteiger charge is -2.35. The second-order valence-corrected chi connectivity index (χ2v) is 6.72. The number of rotatable bonds is 8. The van der Waals surface area contributed by atoms with E-state index in [0.29, 0.717) is 12.1 Å². The van der Waals surface area contributed by atoms with Crippen molar-refractivity contribution < 1.29 is 4.74 Å². The largest absolute Gasteiger partial charge is 0.361 e. The molecule has 0 bridgehead atoms. The highest BCUT2D eigenvalue weighted by atomic mass is 16.5. The molecule has 1 atom stereocenters. The first-order valence-corrected chi connectivity index (χ1v) is 7.87. The highest BCUT2D eigenvalue weighted by molar-refractivity contribution is 4.90.